The Morgan fingerprint density at radius 1 is 1.07 bits per heavy atom. The maximum Gasteiger partial charge on any atom is 0.420 e. The van der Waals surface area contributed by atoms with Crippen LogP contribution in [0.1, 0.15) is 45.5 Å². The van der Waals surface area contributed by atoms with E-state index in [-0.39, 0.29) is 12.1 Å². The number of carbonyl (C=O) groups is 1. The summed E-state index contributed by atoms with van der Waals surface area (Å²) in [5, 5.41) is 0. The van der Waals surface area contributed by atoms with E-state index in [0.717, 1.165) is 41.9 Å². The van der Waals surface area contributed by atoms with Gasteiger partial charge in [0.1, 0.15) is 11.4 Å². The van der Waals surface area contributed by atoms with E-state index >= 15 is 0 Å². The Morgan fingerprint density at radius 3 is 2.52 bits per heavy atom. The van der Waals surface area contributed by atoms with Crippen LogP contribution in [-0.2, 0) is 4.74 Å². The standard InChI is InChI=1S/C22H25N3O2/c1-22(2,3)27-21(26)25-18-13-8-7-12-17(18)23-20(25)19-14-9-15-24(19)16-10-5-4-6-11-16/h4-8,10-13,19H,9,14-15H2,1-3H3/t19-/m1/s1. The maximum absolute atomic E-state index is 13.0. The monoisotopic (exact) mass is 363 g/mol. The highest BCUT2D eigenvalue weighted by Crippen LogP contribution is 2.37. The Hall–Kier alpha value is -2.82. The quantitative estimate of drug-likeness (QED) is 0.631. The number of para-hydroxylation sites is 3. The van der Waals surface area contributed by atoms with Gasteiger partial charge in [0.05, 0.1) is 17.1 Å². The zero-order valence-electron chi connectivity index (χ0n) is 16.1. The molecule has 0 radical (unpaired) electrons. The topological polar surface area (TPSA) is 47.4 Å². The molecule has 0 bridgehead atoms. The normalized spacial score (nSPS) is 17.4. The number of ether oxygens (including phenoxy) is 1. The van der Waals surface area contributed by atoms with Crippen LogP contribution in [0.3, 0.4) is 0 Å². The molecule has 0 amide bonds. The van der Waals surface area contributed by atoms with E-state index in [0.29, 0.717) is 0 Å². The Morgan fingerprint density at radius 2 is 1.78 bits per heavy atom. The third-order valence-corrected chi connectivity index (χ3v) is 4.80. The number of aromatic nitrogens is 2. The van der Waals surface area contributed by atoms with Gasteiger partial charge in [-0.3, -0.25) is 0 Å². The molecule has 2 heterocycles. The Labute approximate surface area is 159 Å². The van der Waals surface area contributed by atoms with Crippen molar-refractivity contribution in [2.75, 3.05) is 11.4 Å². The minimum Gasteiger partial charge on any atom is -0.443 e. The molecule has 5 heteroatoms. The first-order chi connectivity index (χ1) is 12.9. The van der Waals surface area contributed by atoms with Crippen LogP contribution < -0.4 is 4.90 Å². The van der Waals surface area contributed by atoms with Gasteiger partial charge in [0, 0.05) is 12.2 Å². The molecule has 0 aliphatic carbocycles. The predicted molar refractivity (Wildman–Crippen MR) is 107 cm³/mol. The molecule has 0 saturated carbocycles. The van der Waals surface area contributed by atoms with Crippen LogP contribution in [0.2, 0.25) is 0 Å². The van der Waals surface area contributed by atoms with Crippen molar-refractivity contribution in [3.8, 4) is 0 Å². The van der Waals surface area contributed by atoms with E-state index in [1.54, 1.807) is 4.57 Å². The highest BCUT2D eigenvalue weighted by atomic mass is 16.6. The van der Waals surface area contributed by atoms with Crippen LogP contribution >= 0.6 is 0 Å². The van der Waals surface area contributed by atoms with Gasteiger partial charge < -0.3 is 9.64 Å². The van der Waals surface area contributed by atoms with Gasteiger partial charge in [-0.15, -0.1) is 0 Å². The predicted octanol–water partition coefficient (Wildman–Crippen LogP) is 5.16. The van der Waals surface area contributed by atoms with E-state index in [2.05, 4.69) is 17.0 Å². The van der Waals surface area contributed by atoms with E-state index in [4.69, 9.17) is 9.72 Å². The van der Waals surface area contributed by atoms with Crippen molar-refractivity contribution in [3.05, 3.63) is 60.4 Å². The summed E-state index contributed by atoms with van der Waals surface area (Å²) in [6, 6.07) is 18.1. The number of imidazole rings is 1. The molecule has 1 saturated heterocycles. The molecule has 1 aliphatic rings. The van der Waals surface area contributed by atoms with Crippen LogP contribution in [0.15, 0.2) is 54.6 Å². The third kappa shape index (κ3) is 3.42. The molecule has 4 rings (SSSR count). The van der Waals surface area contributed by atoms with Gasteiger partial charge in [-0.2, -0.15) is 0 Å². The summed E-state index contributed by atoms with van der Waals surface area (Å²) in [6.45, 7) is 6.60. The molecule has 1 atom stereocenters. The van der Waals surface area contributed by atoms with Gasteiger partial charge in [0.15, 0.2) is 0 Å². The average Bonchev–Trinajstić information content (AvgIpc) is 3.25. The smallest absolute Gasteiger partial charge is 0.420 e. The molecule has 140 valence electrons. The van der Waals surface area contributed by atoms with E-state index < -0.39 is 5.60 Å². The number of anilines is 1. The number of hydrogen-bond donors (Lipinski definition) is 0. The summed E-state index contributed by atoms with van der Waals surface area (Å²) in [5.74, 6) is 0.756. The van der Waals surface area contributed by atoms with Crippen molar-refractivity contribution in [1.29, 1.82) is 0 Å². The van der Waals surface area contributed by atoms with Crippen molar-refractivity contribution in [2.45, 2.75) is 45.3 Å². The molecular weight excluding hydrogens is 338 g/mol. The lowest BCUT2D eigenvalue weighted by Gasteiger charge is -2.27. The average molecular weight is 363 g/mol. The second kappa shape index (κ2) is 6.72. The molecule has 27 heavy (non-hydrogen) atoms. The fourth-order valence-corrected chi connectivity index (χ4v) is 3.73. The first kappa shape index (κ1) is 17.6. The summed E-state index contributed by atoms with van der Waals surface area (Å²) in [4.78, 5) is 20.2. The number of fused-ring (bicyclic) bond motifs is 1. The molecule has 1 aromatic heterocycles. The fourth-order valence-electron chi connectivity index (χ4n) is 3.73. The van der Waals surface area contributed by atoms with Crippen molar-refractivity contribution in [2.24, 2.45) is 0 Å². The van der Waals surface area contributed by atoms with Gasteiger partial charge in [-0.05, 0) is 57.9 Å². The minimum absolute atomic E-state index is 0.0484. The molecule has 0 spiro atoms. The van der Waals surface area contributed by atoms with Gasteiger partial charge in [0.2, 0.25) is 0 Å². The molecule has 0 N–H and O–H groups in total. The number of benzene rings is 2. The van der Waals surface area contributed by atoms with Crippen molar-refractivity contribution in [1.82, 2.24) is 9.55 Å². The fraction of sp³-hybridized carbons (Fsp3) is 0.364. The van der Waals surface area contributed by atoms with Crippen molar-refractivity contribution < 1.29 is 9.53 Å². The summed E-state index contributed by atoms with van der Waals surface area (Å²) >= 11 is 0. The molecule has 2 aromatic carbocycles. The van der Waals surface area contributed by atoms with Crippen LogP contribution in [-0.4, -0.2) is 27.8 Å². The lowest BCUT2D eigenvalue weighted by atomic mass is 10.2. The zero-order chi connectivity index (χ0) is 19.0. The highest BCUT2D eigenvalue weighted by molar-refractivity contribution is 5.88. The number of hydrogen-bond acceptors (Lipinski definition) is 4. The molecule has 1 fully saturated rings. The molecule has 5 nitrogen and oxygen atoms in total. The second-order valence-corrected chi connectivity index (χ2v) is 7.96. The minimum atomic E-state index is -0.561. The molecular formula is C22H25N3O2. The van der Waals surface area contributed by atoms with Crippen LogP contribution in [0, 0.1) is 0 Å². The summed E-state index contributed by atoms with van der Waals surface area (Å²) < 4.78 is 7.36. The maximum atomic E-state index is 13.0. The third-order valence-electron chi connectivity index (χ3n) is 4.80. The Bertz CT molecular complexity index is 957. The van der Waals surface area contributed by atoms with Gasteiger partial charge in [-0.25, -0.2) is 14.3 Å². The van der Waals surface area contributed by atoms with Crippen LogP contribution in [0.5, 0.6) is 0 Å². The van der Waals surface area contributed by atoms with Gasteiger partial charge >= 0.3 is 6.09 Å². The Balaban J connectivity index is 1.81. The SMILES string of the molecule is CC(C)(C)OC(=O)n1c([C@H]2CCCN2c2ccccc2)nc2ccccc21. The van der Waals surface area contributed by atoms with Gasteiger partial charge in [-0.1, -0.05) is 30.3 Å². The van der Waals surface area contributed by atoms with Crippen molar-refractivity contribution >= 4 is 22.8 Å². The van der Waals surface area contributed by atoms with Crippen LogP contribution in [0.4, 0.5) is 10.5 Å². The summed E-state index contributed by atoms with van der Waals surface area (Å²) in [5.41, 5.74) is 2.21. The first-order valence-electron chi connectivity index (χ1n) is 9.46. The number of nitrogens with zero attached hydrogens (tertiary/aromatic N) is 3. The summed E-state index contributed by atoms with van der Waals surface area (Å²) in [6.07, 6.45) is 1.66. The van der Waals surface area contributed by atoms with Crippen LogP contribution in [0.25, 0.3) is 11.0 Å². The van der Waals surface area contributed by atoms with E-state index in [9.17, 15) is 4.79 Å². The van der Waals surface area contributed by atoms with Gasteiger partial charge in [0.25, 0.3) is 0 Å². The lowest BCUT2D eigenvalue weighted by molar-refractivity contribution is 0.0537. The number of rotatable bonds is 2. The first-order valence-corrected chi connectivity index (χ1v) is 9.46. The summed E-state index contributed by atoms with van der Waals surface area (Å²) in [7, 11) is 0. The Kier molecular flexibility index (Phi) is 4.38. The highest BCUT2D eigenvalue weighted by Gasteiger charge is 2.33. The molecule has 1 aliphatic heterocycles. The lowest BCUT2D eigenvalue weighted by Crippen LogP contribution is -2.31. The van der Waals surface area contributed by atoms with E-state index in [1.165, 1.54) is 0 Å². The molecule has 3 aromatic rings. The second-order valence-electron chi connectivity index (χ2n) is 7.96. The van der Waals surface area contributed by atoms with Crippen molar-refractivity contribution in [3.63, 3.8) is 0 Å². The molecule has 0 unspecified atom stereocenters. The van der Waals surface area contributed by atoms with E-state index in [1.807, 2.05) is 63.2 Å². The zero-order valence-corrected chi connectivity index (χ0v) is 16.1. The number of carbonyl (C=O) groups excluding carboxylic acids is 1. The largest absolute Gasteiger partial charge is 0.443 e.